The van der Waals surface area contributed by atoms with Crippen molar-refractivity contribution in [2.75, 3.05) is 26.2 Å². The smallest absolute Gasteiger partial charge is 0.317 e. The molecular formula is C7H14N2O4. The van der Waals surface area contributed by atoms with E-state index in [4.69, 9.17) is 15.9 Å². The number of nitrogens with two attached hydrogens (primary N) is 1. The molecule has 0 atom stereocenters. The van der Waals surface area contributed by atoms with Gasteiger partial charge in [0.05, 0.1) is 13.1 Å². The summed E-state index contributed by atoms with van der Waals surface area (Å²) in [6, 6.07) is 0. The van der Waals surface area contributed by atoms with E-state index in [0.29, 0.717) is 19.5 Å². The third-order valence-corrected chi connectivity index (χ3v) is 1.40. The molecule has 0 aromatic rings. The molecule has 0 aliphatic carbocycles. The average molecular weight is 190 g/mol. The largest absolute Gasteiger partial charge is 0.480 e. The number of carboxylic acid groups (broad SMARTS) is 2. The van der Waals surface area contributed by atoms with E-state index < -0.39 is 11.9 Å². The number of hydrogen-bond acceptors (Lipinski definition) is 4. The highest BCUT2D eigenvalue weighted by atomic mass is 16.4. The molecule has 0 aromatic carbocycles. The summed E-state index contributed by atoms with van der Waals surface area (Å²) < 4.78 is 0. The van der Waals surface area contributed by atoms with Crippen LogP contribution in [0.5, 0.6) is 0 Å². The molecule has 0 fully saturated rings. The molecule has 0 amide bonds. The van der Waals surface area contributed by atoms with Crippen molar-refractivity contribution in [2.45, 2.75) is 6.42 Å². The maximum absolute atomic E-state index is 10.3. The van der Waals surface area contributed by atoms with Gasteiger partial charge >= 0.3 is 11.9 Å². The molecule has 76 valence electrons. The number of rotatable bonds is 7. The van der Waals surface area contributed by atoms with Crippen molar-refractivity contribution in [3.05, 3.63) is 0 Å². The van der Waals surface area contributed by atoms with Gasteiger partial charge in [0.1, 0.15) is 0 Å². The minimum Gasteiger partial charge on any atom is -0.480 e. The average Bonchev–Trinajstić information content (AvgIpc) is 1.98. The molecule has 0 spiro atoms. The van der Waals surface area contributed by atoms with Gasteiger partial charge in [-0.05, 0) is 13.0 Å². The van der Waals surface area contributed by atoms with Crippen molar-refractivity contribution in [3.63, 3.8) is 0 Å². The zero-order valence-corrected chi connectivity index (χ0v) is 7.27. The van der Waals surface area contributed by atoms with Crippen LogP contribution < -0.4 is 5.73 Å². The number of aliphatic carboxylic acids is 2. The van der Waals surface area contributed by atoms with Crippen LogP contribution in [0.15, 0.2) is 0 Å². The molecule has 0 heterocycles. The highest BCUT2D eigenvalue weighted by Crippen LogP contribution is 1.90. The van der Waals surface area contributed by atoms with Crippen LogP contribution in [0, 0.1) is 0 Å². The van der Waals surface area contributed by atoms with E-state index in [9.17, 15) is 9.59 Å². The molecule has 0 bridgehead atoms. The standard InChI is InChI=1S/C7H14N2O4/c8-2-1-3-9(4-6(10)11)5-7(12)13/h1-5,8H2,(H,10,11)(H,12,13). The zero-order chi connectivity index (χ0) is 10.3. The number of hydrogen-bond donors (Lipinski definition) is 3. The molecule has 0 aromatic heterocycles. The monoisotopic (exact) mass is 190 g/mol. The van der Waals surface area contributed by atoms with Crippen LogP contribution in [0.2, 0.25) is 0 Å². The van der Waals surface area contributed by atoms with E-state index >= 15 is 0 Å². The molecule has 0 saturated heterocycles. The van der Waals surface area contributed by atoms with Crippen LogP contribution >= 0.6 is 0 Å². The minimum atomic E-state index is -1.03. The predicted molar refractivity (Wildman–Crippen MR) is 45.4 cm³/mol. The van der Waals surface area contributed by atoms with E-state index in [1.54, 1.807) is 0 Å². The van der Waals surface area contributed by atoms with Gasteiger partial charge in [-0.25, -0.2) is 0 Å². The Morgan fingerprint density at radius 2 is 1.62 bits per heavy atom. The second-order valence-corrected chi connectivity index (χ2v) is 2.64. The van der Waals surface area contributed by atoms with Crippen LogP contribution in [0.4, 0.5) is 0 Å². The fourth-order valence-corrected chi connectivity index (χ4v) is 0.911. The Morgan fingerprint density at radius 1 is 1.15 bits per heavy atom. The Bertz CT molecular complexity index is 167. The third-order valence-electron chi connectivity index (χ3n) is 1.40. The summed E-state index contributed by atoms with van der Waals surface area (Å²) in [4.78, 5) is 21.9. The molecule has 0 aliphatic rings. The number of nitrogens with zero attached hydrogens (tertiary/aromatic N) is 1. The van der Waals surface area contributed by atoms with Crippen LogP contribution in [-0.4, -0.2) is 53.2 Å². The van der Waals surface area contributed by atoms with Gasteiger partial charge in [-0.2, -0.15) is 0 Å². The van der Waals surface area contributed by atoms with Gasteiger partial charge in [-0.3, -0.25) is 14.5 Å². The molecule has 0 unspecified atom stereocenters. The van der Waals surface area contributed by atoms with Gasteiger partial charge in [-0.1, -0.05) is 0 Å². The van der Waals surface area contributed by atoms with Crippen LogP contribution in [0.1, 0.15) is 6.42 Å². The van der Waals surface area contributed by atoms with Crippen molar-refractivity contribution in [1.29, 1.82) is 0 Å². The zero-order valence-electron chi connectivity index (χ0n) is 7.27. The Kier molecular flexibility index (Phi) is 5.82. The van der Waals surface area contributed by atoms with Gasteiger partial charge in [0.2, 0.25) is 0 Å². The van der Waals surface area contributed by atoms with Crippen LogP contribution in [0.3, 0.4) is 0 Å². The Balaban J connectivity index is 3.87. The molecule has 0 radical (unpaired) electrons. The second kappa shape index (κ2) is 6.38. The fourth-order valence-electron chi connectivity index (χ4n) is 0.911. The first kappa shape index (κ1) is 11.9. The molecule has 0 aliphatic heterocycles. The van der Waals surface area contributed by atoms with E-state index in [1.165, 1.54) is 4.90 Å². The van der Waals surface area contributed by atoms with Gasteiger partial charge in [0, 0.05) is 6.54 Å². The molecule has 0 rings (SSSR count). The topological polar surface area (TPSA) is 104 Å². The first-order valence-electron chi connectivity index (χ1n) is 3.92. The highest BCUT2D eigenvalue weighted by molar-refractivity contribution is 5.72. The third kappa shape index (κ3) is 7.23. The molecular weight excluding hydrogens is 176 g/mol. The van der Waals surface area contributed by atoms with Crippen molar-refractivity contribution >= 4 is 11.9 Å². The lowest BCUT2D eigenvalue weighted by molar-refractivity contribution is -0.141. The summed E-state index contributed by atoms with van der Waals surface area (Å²) >= 11 is 0. The number of carbonyl (C=O) groups is 2. The lowest BCUT2D eigenvalue weighted by Gasteiger charge is -2.16. The lowest BCUT2D eigenvalue weighted by atomic mass is 10.3. The molecule has 0 saturated carbocycles. The van der Waals surface area contributed by atoms with E-state index in [1.807, 2.05) is 0 Å². The normalized spacial score (nSPS) is 10.3. The summed E-state index contributed by atoms with van der Waals surface area (Å²) in [5.74, 6) is -2.06. The van der Waals surface area contributed by atoms with Gasteiger partial charge in [0.15, 0.2) is 0 Å². The van der Waals surface area contributed by atoms with E-state index in [2.05, 4.69) is 0 Å². The Hall–Kier alpha value is -1.14. The molecule has 13 heavy (non-hydrogen) atoms. The summed E-state index contributed by atoms with van der Waals surface area (Å²) in [6.45, 7) is 0.309. The van der Waals surface area contributed by atoms with Gasteiger partial charge in [-0.15, -0.1) is 0 Å². The summed E-state index contributed by atoms with van der Waals surface area (Å²) in [5, 5.41) is 16.9. The van der Waals surface area contributed by atoms with Crippen molar-refractivity contribution in [1.82, 2.24) is 4.90 Å². The first-order valence-corrected chi connectivity index (χ1v) is 3.92. The van der Waals surface area contributed by atoms with Crippen molar-refractivity contribution < 1.29 is 19.8 Å². The van der Waals surface area contributed by atoms with Crippen molar-refractivity contribution in [3.8, 4) is 0 Å². The van der Waals surface area contributed by atoms with Gasteiger partial charge < -0.3 is 15.9 Å². The fraction of sp³-hybridized carbons (Fsp3) is 0.714. The summed E-state index contributed by atoms with van der Waals surface area (Å²) in [7, 11) is 0. The Morgan fingerprint density at radius 3 is 1.92 bits per heavy atom. The minimum absolute atomic E-state index is 0.258. The predicted octanol–water partition coefficient (Wildman–Crippen LogP) is -1.19. The Labute approximate surface area is 75.9 Å². The molecule has 6 heteroatoms. The quantitative estimate of drug-likeness (QED) is 0.466. The first-order chi connectivity index (χ1) is 6.06. The second-order valence-electron chi connectivity index (χ2n) is 2.64. The number of carboxylic acids is 2. The summed E-state index contributed by atoms with van der Waals surface area (Å²) in [5.41, 5.74) is 5.22. The van der Waals surface area contributed by atoms with E-state index in [-0.39, 0.29) is 13.1 Å². The summed E-state index contributed by atoms with van der Waals surface area (Å²) in [6.07, 6.45) is 0.598. The van der Waals surface area contributed by atoms with Crippen molar-refractivity contribution in [2.24, 2.45) is 5.73 Å². The van der Waals surface area contributed by atoms with Gasteiger partial charge in [0.25, 0.3) is 0 Å². The lowest BCUT2D eigenvalue weighted by Crippen LogP contribution is -2.35. The molecule has 6 nitrogen and oxygen atoms in total. The van der Waals surface area contributed by atoms with Crippen LogP contribution in [0.25, 0.3) is 0 Å². The molecule has 4 N–H and O–H groups in total. The van der Waals surface area contributed by atoms with E-state index in [0.717, 1.165) is 0 Å². The van der Waals surface area contributed by atoms with Crippen LogP contribution in [-0.2, 0) is 9.59 Å². The maximum Gasteiger partial charge on any atom is 0.317 e. The SMILES string of the molecule is NCCCN(CC(=O)O)CC(=O)O. The maximum atomic E-state index is 10.3. The highest BCUT2D eigenvalue weighted by Gasteiger charge is 2.11.